The molecule has 23 heavy (non-hydrogen) atoms. The monoisotopic (exact) mass is 337 g/mol. The van der Waals surface area contributed by atoms with Crippen LogP contribution in [0.3, 0.4) is 0 Å². The van der Waals surface area contributed by atoms with Gasteiger partial charge in [0.2, 0.25) is 17.6 Å². The molecule has 1 N–H and O–H groups in total. The first kappa shape index (κ1) is 17.1. The van der Waals surface area contributed by atoms with Crippen LogP contribution in [-0.2, 0) is 20.4 Å². The zero-order valence-electron chi connectivity index (χ0n) is 13.2. The van der Waals surface area contributed by atoms with Gasteiger partial charge in [0, 0.05) is 11.6 Å². The molecule has 1 aromatic heterocycles. The number of amides is 1. The number of nitrogens with zero attached hydrogens (tertiary/aromatic N) is 2. The van der Waals surface area contributed by atoms with E-state index in [0.29, 0.717) is 5.82 Å². The van der Waals surface area contributed by atoms with E-state index in [9.17, 15) is 13.2 Å². The number of sulfone groups is 1. The van der Waals surface area contributed by atoms with E-state index in [-0.39, 0.29) is 11.9 Å². The molecule has 1 atom stereocenters. The lowest BCUT2D eigenvalue weighted by Gasteiger charge is -2.14. The minimum atomic E-state index is -3.74. The quantitative estimate of drug-likeness (QED) is 0.858. The molecule has 1 heterocycles. The molecule has 0 radical (unpaired) electrons. The maximum atomic E-state index is 12.3. The van der Waals surface area contributed by atoms with E-state index in [4.69, 9.17) is 4.52 Å². The summed E-state index contributed by atoms with van der Waals surface area (Å²) in [5.74, 6) is -0.731. The molecule has 0 unspecified atom stereocenters. The van der Waals surface area contributed by atoms with E-state index in [1.165, 1.54) is 6.92 Å². The summed E-state index contributed by atoms with van der Waals surface area (Å²) < 4.78 is 29.6. The predicted octanol–water partition coefficient (Wildman–Crippen LogP) is 1.56. The van der Waals surface area contributed by atoms with E-state index in [1.807, 2.05) is 18.2 Å². The van der Waals surface area contributed by atoms with Gasteiger partial charge in [0.05, 0.1) is 0 Å². The van der Waals surface area contributed by atoms with Gasteiger partial charge in [-0.3, -0.25) is 4.79 Å². The van der Waals surface area contributed by atoms with Crippen LogP contribution in [0.1, 0.15) is 26.7 Å². The predicted molar refractivity (Wildman–Crippen MR) is 85.1 cm³/mol. The molecule has 124 valence electrons. The molecule has 1 amide bonds. The zero-order chi connectivity index (χ0) is 17.0. The highest BCUT2D eigenvalue weighted by Gasteiger charge is 2.30. The smallest absolute Gasteiger partial charge is 0.242 e. The molecular formula is C15H19N3O4S. The normalized spacial score (nSPS) is 13.0. The summed E-state index contributed by atoms with van der Waals surface area (Å²) in [6, 6.07) is 8.95. The van der Waals surface area contributed by atoms with Gasteiger partial charge in [-0.2, -0.15) is 4.98 Å². The molecule has 0 fully saturated rings. The highest BCUT2D eigenvalue weighted by molar-refractivity contribution is 7.92. The van der Waals surface area contributed by atoms with E-state index in [1.54, 1.807) is 26.0 Å². The van der Waals surface area contributed by atoms with Crippen molar-refractivity contribution in [1.29, 1.82) is 0 Å². The van der Waals surface area contributed by atoms with Crippen molar-refractivity contribution < 1.29 is 17.7 Å². The fourth-order valence-corrected chi connectivity index (χ4v) is 2.99. The van der Waals surface area contributed by atoms with Crippen LogP contribution in [0.2, 0.25) is 0 Å². The number of hydrogen-bond acceptors (Lipinski definition) is 6. The third kappa shape index (κ3) is 4.38. The third-order valence-corrected chi connectivity index (χ3v) is 5.10. The van der Waals surface area contributed by atoms with Crippen molar-refractivity contribution in [3.05, 3.63) is 36.2 Å². The summed E-state index contributed by atoms with van der Waals surface area (Å²) in [5, 5.41) is 5.17. The van der Waals surface area contributed by atoms with Gasteiger partial charge in [-0.15, -0.1) is 0 Å². The molecule has 2 rings (SSSR count). The molecule has 0 aliphatic carbocycles. The summed E-state index contributed by atoms with van der Waals surface area (Å²) in [6.07, 6.45) is 0. The lowest BCUT2D eigenvalue weighted by Crippen LogP contribution is -2.41. The summed E-state index contributed by atoms with van der Waals surface area (Å²) in [6.45, 7) is 4.88. The second-order valence-corrected chi connectivity index (χ2v) is 7.81. The van der Waals surface area contributed by atoms with E-state index < -0.39 is 26.7 Å². The van der Waals surface area contributed by atoms with Crippen molar-refractivity contribution >= 4 is 15.7 Å². The lowest BCUT2D eigenvalue weighted by atomic mass is 10.2. The Morgan fingerprint density at radius 2 is 1.87 bits per heavy atom. The Balaban J connectivity index is 2.12. The van der Waals surface area contributed by atoms with Crippen molar-refractivity contribution in [3.8, 4) is 11.4 Å². The van der Waals surface area contributed by atoms with Crippen molar-refractivity contribution in [3.63, 3.8) is 0 Å². The number of aromatic nitrogens is 2. The Hall–Kier alpha value is -2.22. The van der Waals surface area contributed by atoms with Gasteiger partial charge >= 0.3 is 0 Å². The van der Waals surface area contributed by atoms with Crippen LogP contribution in [0.5, 0.6) is 0 Å². The Kier molecular flexibility index (Phi) is 5.15. The molecule has 7 nitrogen and oxygen atoms in total. The second kappa shape index (κ2) is 6.91. The average molecular weight is 337 g/mol. The first-order valence-electron chi connectivity index (χ1n) is 7.19. The number of hydrogen-bond donors (Lipinski definition) is 1. The summed E-state index contributed by atoms with van der Waals surface area (Å²) >= 11 is 0. The highest BCUT2D eigenvalue weighted by Crippen LogP contribution is 2.17. The Labute approximate surface area is 135 Å². The largest absolute Gasteiger partial charge is 0.353 e. The maximum absolute atomic E-state index is 12.3. The number of benzene rings is 1. The molecule has 0 aliphatic heterocycles. The van der Waals surface area contributed by atoms with Gasteiger partial charge < -0.3 is 9.84 Å². The Morgan fingerprint density at radius 3 is 2.48 bits per heavy atom. The van der Waals surface area contributed by atoms with Crippen LogP contribution in [0.25, 0.3) is 11.4 Å². The van der Waals surface area contributed by atoms with Crippen LogP contribution in [0, 0.1) is 0 Å². The minimum absolute atomic E-state index is 0.0342. The van der Waals surface area contributed by atoms with E-state index in [2.05, 4.69) is 15.5 Å². The molecule has 0 aliphatic rings. The summed E-state index contributed by atoms with van der Waals surface area (Å²) in [4.78, 5) is 15.9. The first-order valence-corrected chi connectivity index (χ1v) is 8.91. The molecule has 0 saturated heterocycles. The number of carbonyl (C=O) groups is 1. The first-order chi connectivity index (χ1) is 10.8. The summed E-state index contributed by atoms with van der Waals surface area (Å²) in [5.41, 5.74) is 0.727. The van der Waals surface area contributed by atoms with E-state index >= 15 is 0 Å². The fourth-order valence-electron chi connectivity index (χ4n) is 1.88. The molecule has 0 saturated carbocycles. The van der Waals surface area contributed by atoms with Crippen molar-refractivity contribution in [1.82, 2.24) is 15.5 Å². The van der Waals surface area contributed by atoms with Crippen molar-refractivity contribution in [2.75, 3.05) is 0 Å². The van der Waals surface area contributed by atoms with Gasteiger partial charge in [-0.25, -0.2) is 8.42 Å². The maximum Gasteiger partial charge on any atom is 0.242 e. The van der Waals surface area contributed by atoms with Crippen molar-refractivity contribution in [2.24, 2.45) is 0 Å². The van der Waals surface area contributed by atoms with Crippen LogP contribution in [0.15, 0.2) is 34.9 Å². The SMILES string of the molecule is CC(C)NC(=O)[C@H](C)S(=O)(=O)Cc1nc(-c2ccccc2)no1. The summed E-state index contributed by atoms with van der Waals surface area (Å²) in [7, 11) is -3.74. The molecule has 8 heteroatoms. The molecule has 2 aromatic rings. The topological polar surface area (TPSA) is 102 Å². The highest BCUT2D eigenvalue weighted by atomic mass is 32.2. The van der Waals surface area contributed by atoms with Gasteiger partial charge in [-0.1, -0.05) is 35.5 Å². The standard InChI is InChI=1S/C15H19N3O4S/c1-10(2)16-15(19)11(3)23(20,21)9-13-17-14(18-22-13)12-7-5-4-6-8-12/h4-8,10-11H,9H2,1-3H3,(H,16,19)/t11-/m0/s1. The van der Waals surface area contributed by atoms with Crippen molar-refractivity contribution in [2.45, 2.75) is 37.8 Å². The molecular weight excluding hydrogens is 318 g/mol. The minimum Gasteiger partial charge on any atom is -0.353 e. The van der Waals surface area contributed by atoms with Crippen LogP contribution in [-0.4, -0.2) is 35.8 Å². The second-order valence-electron chi connectivity index (χ2n) is 5.49. The lowest BCUT2D eigenvalue weighted by molar-refractivity contribution is -0.120. The van der Waals surface area contributed by atoms with E-state index in [0.717, 1.165) is 5.56 Å². The Morgan fingerprint density at radius 1 is 1.22 bits per heavy atom. The van der Waals surface area contributed by atoms with Gasteiger partial charge in [0.15, 0.2) is 9.84 Å². The third-order valence-electron chi connectivity index (χ3n) is 3.16. The zero-order valence-corrected chi connectivity index (χ0v) is 14.0. The van der Waals surface area contributed by atoms with Crippen LogP contribution < -0.4 is 5.32 Å². The van der Waals surface area contributed by atoms with Crippen LogP contribution >= 0.6 is 0 Å². The molecule has 0 bridgehead atoms. The van der Waals surface area contributed by atoms with Gasteiger partial charge in [-0.05, 0) is 20.8 Å². The fraction of sp³-hybridized carbons (Fsp3) is 0.400. The number of carbonyl (C=O) groups excluding carboxylic acids is 1. The number of rotatable bonds is 6. The number of nitrogens with one attached hydrogen (secondary N) is 1. The molecule has 0 spiro atoms. The Bertz CT molecular complexity index is 769. The van der Waals surface area contributed by atoms with Gasteiger partial charge in [0.25, 0.3) is 0 Å². The van der Waals surface area contributed by atoms with Crippen LogP contribution in [0.4, 0.5) is 0 Å². The van der Waals surface area contributed by atoms with Gasteiger partial charge in [0.1, 0.15) is 11.0 Å². The molecule has 1 aromatic carbocycles. The average Bonchev–Trinajstić information content (AvgIpc) is 2.94.